The number of rotatable bonds is 11. The SMILES string of the molecule is CC(N)C(=O)NC(CC(N)=O)C(=O)NC(CS)C(=O)NC(C(=O)O)C(C)O. The number of carbonyl (C=O) groups is 5. The van der Waals surface area contributed by atoms with E-state index in [1.54, 1.807) is 0 Å². The van der Waals surface area contributed by atoms with E-state index in [2.05, 4.69) is 28.6 Å². The summed E-state index contributed by atoms with van der Waals surface area (Å²) in [5.74, 6) is -5.15. The first-order valence-corrected chi connectivity index (χ1v) is 8.50. The maximum absolute atomic E-state index is 12.3. The molecule has 4 amide bonds. The minimum absolute atomic E-state index is 0.228. The van der Waals surface area contributed by atoms with Crippen LogP contribution < -0.4 is 27.4 Å². The van der Waals surface area contributed by atoms with E-state index in [0.29, 0.717) is 0 Å². The first kappa shape index (κ1) is 24.6. The molecule has 154 valence electrons. The van der Waals surface area contributed by atoms with Crippen molar-refractivity contribution in [3.63, 3.8) is 0 Å². The molecule has 0 aromatic heterocycles. The molecule has 0 bridgehead atoms. The number of hydrogen-bond donors (Lipinski definition) is 8. The zero-order valence-corrected chi connectivity index (χ0v) is 15.7. The molecular formula is C14H25N5O7S. The molecule has 0 aromatic carbocycles. The van der Waals surface area contributed by atoms with Crippen LogP contribution in [0.3, 0.4) is 0 Å². The van der Waals surface area contributed by atoms with Crippen molar-refractivity contribution in [3.05, 3.63) is 0 Å². The van der Waals surface area contributed by atoms with E-state index in [4.69, 9.17) is 16.6 Å². The summed E-state index contributed by atoms with van der Waals surface area (Å²) >= 11 is 3.91. The quantitative estimate of drug-likeness (QED) is 0.158. The average Bonchev–Trinajstić information content (AvgIpc) is 2.54. The molecule has 0 aliphatic heterocycles. The van der Waals surface area contributed by atoms with E-state index in [0.717, 1.165) is 0 Å². The molecule has 13 heteroatoms. The Kier molecular flexibility index (Phi) is 10.4. The number of primary amides is 1. The standard InChI is InChI=1S/C14H25N5O7S/c1-5(15)11(22)17-7(3-9(16)21)12(23)18-8(4-27)13(24)19-10(6(2)20)14(25)26/h5-8,10,20,27H,3-4,15H2,1-2H3,(H2,16,21)(H,17,22)(H,18,23)(H,19,24)(H,25,26). The molecule has 0 fully saturated rings. The van der Waals surface area contributed by atoms with Crippen LogP contribution in [0, 0.1) is 0 Å². The molecule has 9 N–H and O–H groups in total. The maximum Gasteiger partial charge on any atom is 0.328 e. The van der Waals surface area contributed by atoms with Gasteiger partial charge in [-0.1, -0.05) is 0 Å². The highest BCUT2D eigenvalue weighted by Gasteiger charge is 2.31. The molecule has 0 saturated heterocycles. The van der Waals surface area contributed by atoms with E-state index >= 15 is 0 Å². The van der Waals surface area contributed by atoms with Crippen LogP contribution in [-0.2, 0) is 24.0 Å². The Balaban J connectivity index is 5.17. The van der Waals surface area contributed by atoms with Gasteiger partial charge >= 0.3 is 5.97 Å². The number of carbonyl (C=O) groups excluding carboxylic acids is 4. The highest BCUT2D eigenvalue weighted by atomic mass is 32.1. The number of carboxylic acids is 1. The fourth-order valence-electron chi connectivity index (χ4n) is 1.82. The van der Waals surface area contributed by atoms with Crippen molar-refractivity contribution in [3.8, 4) is 0 Å². The predicted molar refractivity (Wildman–Crippen MR) is 96.4 cm³/mol. The Morgan fingerprint density at radius 2 is 1.44 bits per heavy atom. The summed E-state index contributed by atoms with van der Waals surface area (Å²) in [6, 6.07) is -5.25. The van der Waals surface area contributed by atoms with E-state index < -0.39 is 66.3 Å². The molecule has 5 unspecified atom stereocenters. The molecule has 5 atom stereocenters. The van der Waals surface area contributed by atoms with Crippen LogP contribution in [0.2, 0.25) is 0 Å². The first-order valence-electron chi connectivity index (χ1n) is 7.87. The number of hydrogen-bond acceptors (Lipinski definition) is 8. The van der Waals surface area contributed by atoms with E-state index in [1.165, 1.54) is 13.8 Å². The normalized spacial score (nSPS) is 16.2. The number of aliphatic hydroxyl groups is 1. The lowest BCUT2D eigenvalue weighted by molar-refractivity contribution is -0.145. The van der Waals surface area contributed by atoms with Crippen LogP contribution in [0.5, 0.6) is 0 Å². The lowest BCUT2D eigenvalue weighted by Gasteiger charge is -2.24. The van der Waals surface area contributed by atoms with Gasteiger partial charge in [-0.05, 0) is 13.8 Å². The molecule has 0 radical (unpaired) electrons. The minimum atomic E-state index is -1.60. The van der Waals surface area contributed by atoms with Crippen molar-refractivity contribution in [2.45, 2.75) is 50.5 Å². The Bertz CT molecular complexity index is 584. The zero-order chi connectivity index (χ0) is 21.3. The highest BCUT2D eigenvalue weighted by Crippen LogP contribution is 1.99. The fraction of sp³-hybridized carbons (Fsp3) is 0.643. The third kappa shape index (κ3) is 8.70. The number of aliphatic carboxylic acids is 1. The van der Waals surface area contributed by atoms with Crippen molar-refractivity contribution < 1.29 is 34.2 Å². The first-order chi connectivity index (χ1) is 12.4. The van der Waals surface area contributed by atoms with Crippen molar-refractivity contribution >= 4 is 42.2 Å². The molecule has 12 nitrogen and oxygen atoms in total. The Hall–Kier alpha value is -2.38. The second kappa shape index (κ2) is 11.4. The zero-order valence-electron chi connectivity index (χ0n) is 14.8. The molecule has 0 aliphatic carbocycles. The number of amides is 4. The van der Waals surface area contributed by atoms with Crippen molar-refractivity contribution in [2.24, 2.45) is 11.5 Å². The maximum atomic E-state index is 12.3. The summed E-state index contributed by atoms with van der Waals surface area (Å²) < 4.78 is 0. The van der Waals surface area contributed by atoms with Crippen LogP contribution in [0.4, 0.5) is 0 Å². The van der Waals surface area contributed by atoms with Crippen LogP contribution in [0.15, 0.2) is 0 Å². The van der Waals surface area contributed by atoms with Gasteiger partial charge in [0, 0.05) is 5.75 Å². The van der Waals surface area contributed by atoms with Crippen LogP contribution in [0.1, 0.15) is 20.3 Å². The molecule has 0 aliphatic rings. The molecule has 0 heterocycles. The van der Waals surface area contributed by atoms with Gasteiger partial charge in [0.2, 0.25) is 23.6 Å². The second-order valence-electron chi connectivity index (χ2n) is 5.83. The fourth-order valence-corrected chi connectivity index (χ4v) is 2.08. The molecule has 0 saturated carbocycles. The van der Waals surface area contributed by atoms with Crippen molar-refractivity contribution in [1.29, 1.82) is 0 Å². The number of carboxylic acid groups (broad SMARTS) is 1. The lowest BCUT2D eigenvalue weighted by atomic mass is 10.1. The van der Waals surface area contributed by atoms with Gasteiger partial charge < -0.3 is 37.6 Å². The lowest BCUT2D eigenvalue weighted by Crippen LogP contribution is -2.59. The summed E-state index contributed by atoms with van der Waals surface area (Å²) in [4.78, 5) is 58.3. The summed E-state index contributed by atoms with van der Waals surface area (Å²) in [6.07, 6.45) is -1.94. The van der Waals surface area contributed by atoms with Crippen molar-refractivity contribution in [1.82, 2.24) is 16.0 Å². The Morgan fingerprint density at radius 3 is 1.81 bits per heavy atom. The van der Waals surface area contributed by atoms with Crippen LogP contribution in [0.25, 0.3) is 0 Å². The minimum Gasteiger partial charge on any atom is -0.480 e. The molecule has 0 spiro atoms. The molecule has 27 heavy (non-hydrogen) atoms. The van der Waals surface area contributed by atoms with E-state index in [-0.39, 0.29) is 5.75 Å². The number of nitrogens with two attached hydrogens (primary N) is 2. The van der Waals surface area contributed by atoms with Gasteiger partial charge in [0.15, 0.2) is 6.04 Å². The van der Waals surface area contributed by atoms with Gasteiger partial charge in [-0.2, -0.15) is 12.6 Å². The molecule has 0 aromatic rings. The summed E-state index contributed by atoms with van der Waals surface area (Å²) in [5, 5.41) is 24.9. The van der Waals surface area contributed by atoms with Gasteiger partial charge in [0.05, 0.1) is 18.6 Å². The predicted octanol–water partition coefficient (Wildman–Crippen LogP) is -3.94. The Labute approximate surface area is 160 Å². The third-order valence-corrected chi connectivity index (χ3v) is 3.68. The van der Waals surface area contributed by atoms with Crippen LogP contribution >= 0.6 is 12.6 Å². The molecular weight excluding hydrogens is 382 g/mol. The number of aliphatic hydroxyl groups excluding tert-OH is 1. The van der Waals surface area contributed by atoms with Gasteiger partial charge in [-0.3, -0.25) is 19.2 Å². The number of thiol groups is 1. The van der Waals surface area contributed by atoms with Gasteiger partial charge in [0.1, 0.15) is 12.1 Å². The third-order valence-electron chi connectivity index (χ3n) is 3.31. The average molecular weight is 407 g/mol. The van der Waals surface area contributed by atoms with Crippen LogP contribution in [-0.4, -0.2) is 75.8 Å². The number of nitrogens with one attached hydrogen (secondary N) is 3. The monoisotopic (exact) mass is 407 g/mol. The van der Waals surface area contributed by atoms with E-state index in [9.17, 15) is 29.1 Å². The van der Waals surface area contributed by atoms with Gasteiger partial charge in [0.25, 0.3) is 0 Å². The topological polar surface area (TPSA) is 214 Å². The Morgan fingerprint density at radius 1 is 0.963 bits per heavy atom. The van der Waals surface area contributed by atoms with Crippen molar-refractivity contribution in [2.75, 3.05) is 5.75 Å². The van der Waals surface area contributed by atoms with E-state index in [1.807, 2.05) is 0 Å². The smallest absolute Gasteiger partial charge is 0.328 e. The largest absolute Gasteiger partial charge is 0.480 e. The van der Waals surface area contributed by atoms with Gasteiger partial charge in [-0.15, -0.1) is 0 Å². The second-order valence-corrected chi connectivity index (χ2v) is 6.19. The van der Waals surface area contributed by atoms with Gasteiger partial charge in [-0.25, -0.2) is 4.79 Å². The highest BCUT2D eigenvalue weighted by molar-refractivity contribution is 7.80. The summed E-state index contributed by atoms with van der Waals surface area (Å²) in [5.41, 5.74) is 10.4. The summed E-state index contributed by atoms with van der Waals surface area (Å²) in [6.45, 7) is 2.53. The molecule has 0 rings (SSSR count). The summed E-state index contributed by atoms with van der Waals surface area (Å²) in [7, 11) is 0.